The van der Waals surface area contributed by atoms with Gasteiger partial charge in [0.2, 0.25) is 0 Å². The minimum atomic E-state index is 0.252. The summed E-state index contributed by atoms with van der Waals surface area (Å²) in [5.41, 5.74) is 0.984. The Labute approximate surface area is 123 Å². The topological polar surface area (TPSA) is 49.5 Å². The molecule has 2 aromatic rings. The highest BCUT2D eigenvalue weighted by molar-refractivity contribution is 7.13. The molecule has 0 radical (unpaired) electrons. The first kappa shape index (κ1) is 13.8. The van der Waals surface area contributed by atoms with Crippen LogP contribution in [-0.4, -0.2) is 34.4 Å². The quantitative estimate of drug-likeness (QED) is 0.851. The minimum absolute atomic E-state index is 0.252. The van der Waals surface area contributed by atoms with Crippen LogP contribution in [0.5, 0.6) is 0 Å². The van der Waals surface area contributed by atoms with Crippen molar-refractivity contribution < 1.29 is 9.63 Å². The molecule has 0 unspecified atom stereocenters. The van der Waals surface area contributed by atoms with Gasteiger partial charge in [-0.25, -0.2) is 0 Å². The van der Waals surface area contributed by atoms with Gasteiger partial charge >= 0.3 is 0 Å². The molecular formula is C15H20N2O2S. The van der Waals surface area contributed by atoms with Gasteiger partial charge in [-0.05, 0) is 30.7 Å². The summed E-state index contributed by atoms with van der Waals surface area (Å²) in [6.45, 7) is 2.00. The van der Waals surface area contributed by atoms with Gasteiger partial charge in [-0.2, -0.15) is 0 Å². The van der Waals surface area contributed by atoms with Crippen molar-refractivity contribution in [2.75, 3.05) is 13.2 Å². The Morgan fingerprint density at radius 1 is 1.45 bits per heavy atom. The molecule has 0 saturated heterocycles. The number of hydrogen-bond donors (Lipinski definition) is 1. The summed E-state index contributed by atoms with van der Waals surface area (Å²) in [7, 11) is 0. The predicted molar refractivity (Wildman–Crippen MR) is 79.6 cm³/mol. The first-order chi connectivity index (χ1) is 9.86. The molecular weight excluding hydrogens is 272 g/mol. The van der Waals surface area contributed by atoms with E-state index in [9.17, 15) is 0 Å². The molecule has 0 aromatic carbocycles. The maximum atomic E-state index is 9.02. The fraction of sp³-hybridized carbons (Fsp3) is 0.533. The van der Waals surface area contributed by atoms with E-state index in [0.29, 0.717) is 6.04 Å². The van der Waals surface area contributed by atoms with Crippen molar-refractivity contribution in [2.24, 2.45) is 0 Å². The van der Waals surface area contributed by atoms with Gasteiger partial charge in [0.15, 0.2) is 5.76 Å². The van der Waals surface area contributed by atoms with E-state index in [0.717, 1.165) is 35.8 Å². The SMILES string of the molecule is OCCCN(Cc1cc(-c2cccs2)on1)C1CCC1. The highest BCUT2D eigenvalue weighted by atomic mass is 32.1. The number of rotatable bonds is 7. The lowest BCUT2D eigenvalue weighted by molar-refractivity contribution is 0.107. The van der Waals surface area contributed by atoms with Crippen LogP contribution in [0.3, 0.4) is 0 Å². The summed E-state index contributed by atoms with van der Waals surface area (Å²) >= 11 is 1.66. The highest BCUT2D eigenvalue weighted by Gasteiger charge is 2.25. The Kier molecular flexibility index (Phi) is 4.50. The first-order valence-corrected chi connectivity index (χ1v) is 8.09. The van der Waals surface area contributed by atoms with Gasteiger partial charge in [-0.15, -0.1) is 11.3 Å². The standard InChI is InChI=1S/C15H20N2O2S/c18-8-3-7-17(13-4-1-5-13)11-12-10-14(19-16-12)15-6-2-9-20-15/h2,6,9-10,13,18H,1,3-5,7-8,11H2. The highest BCUT2D eigenvalue weighted by Crippen LogP contribution is 2.28. The van der Waals surface area contributed by atoms with Crippen molar-refractivity contribution in [3.05, 3.63) is 29.3 Å². The maximum absolute atomic E-state index is 9.02. The number of hydrogen-bond acceptors (Lipinski definition) is 5. The lowest BCUT2D eigenvalue weighted by atomic mass is 9.91. The van der Waals surface area contributed by atoms with Crippen molar-refractivity contribution >= 4 is 11.3 Å². The van der Waals surface area contributed by atoms with Gasteiger partial charge in [-0.3, -0.25) is 4.90 Å². The van der Waals surface area contributed by atoms with Crippen LogP contribution < -0.4 is 0 Å². The summed E-state index contributed by atoms with van der Waals surface area (Å²) < 4.78 is 5.43. The van der Waals surface area contributed by atoms with Gasteiger partial charge in [0, 0.05) is 31.8 Å². The van der Waals surface area contributed by atoms with Crippen LogP contribution in [0.4, 0.5) is 0 Å². The fourth-order valence-electron chi connectivity index (χ4n) is 2.55. The van der Waals surface area contributed by atoms with Crippen LogP contribution in [0.2, 0.25) is 0 Å². The molecule has 0 amide bonds. The van der Waals surface area contributed by atoms with E-state index >= 15 is 0 Å². The molecule has 0 spiro atoms. The number of aliphatic hydroxyl groups excluding tert-OH is 1. The van der Waals surface area contributed by atoms with Gasteiger partial charge in [-0.1, -0.05) is 17.6 Å². The number of thiophene rings is 1. The molecule has 0 aliphatic heterocycles. The maximum Gasteiger partial charge on any atom is 0.177 e. The molecule has 1 aliphatic rings. The van der Waals surface area contributed by atoms with E-state index in [4.69, 9.17) is 9.63 Å². The van der Waals surface area contributed by atoms with E-state index in [2.05, 4.69) is 10.1 Å². The zero-order valence-corrected chi connectivity index (χ0v) is 12.3. The lowest BCUT2D eigenvalue weighted by Crippen LogP contribution is -2.40. The molecule has 0 atom stereocenters. The second-order valence-electron chi connectivity index (χ2n) is 5.29. The third-order valence-electron chi connectivity index (χ3n) is 3.88. The molecule has 1 fully saturated rings. The van der Waals surface area contributed by atoms with Crippen LogP contribution in [0.25, 0.3) is 10.6 Å². The largest absolute Gasteiger partial charge is 0.396 e. The molecule has 108 valence electrons. The van der Waals surface area contributed by atoms with E-state index < -0.39 is 0 Å². The smallest absolute Gasteiger partial charge is 0.177 e. The van der Waals surface area contributed by atoms with E-state index in [1.165, 1.54) is 19.3 Å². The Balaban J connectivity index is 1.65. The van der Waals surface area contributed by atoms with Crippen LogP contribution in [0.15, 0.2) is 28.1 Å². The van der Waals surface area contributed by atoms with Crippen molar-refractivity contribution in [2.45, 2.75) is 38.3 Å². The molecule has 1 aliphatic carbocycles. The lowest BCUT2D eigenvalue weighted by Gasteiger charge is -2.37. The minimum Gasteiger partial charge on any atom is -0.396 e. The third kappa shape index (κ3) is 3.11. The van der Waals surface area contributed by atoms with E-state index in [-0.39, 0.29) is 6.61 Å². The Hall–Kier alpha value is -1.17. The Bertz CT molecular complexity index is 520. The normalized spacial score (nSPS) is 15.7. The second-order valence-corrected chi connectivity index (χ2v) is 6.24. The Morgan fingerprint density at radius 2 is 2.35 bits per heavy atom. The second kappa shape index (κ2) is 6.52. The number of aliphatic hydroxyl groups is 1. The van der Waals surface area contributed by atoms with Crippen molar-refractivity contribution in [3.63, 3.8) is 0 Å². The first-order valence-electron chi connectivity index (χ1n) is 7.21. The molecule has 2 heterocycles. The van der Waals surface area contributed by atoms with Gasteiger partial charge in [0.25, 0.3) is 0 Å². The van der Waals surface area contributed by atoms with E-state index in [1.807, 2.05) is 23.6 Å². The number of nitrogens with zero attached hydrogens (tertiary/aromatic N) is 2. The Morgan fingerprint density at radius 3 is 3.00 bits per heavy atom. The molecule has 1 N–H and O–H groups in total. The zero-order valence-electron chi connectivity index (χ0n) is 11.5. The zero-order chi connectivity index (χ0) is 13.8. The molecule has 2 aromatic heterocycles. The summed E-state index contributed by atoms with van der Waals surface area (Å²) in [5.74, 6) is 0.853. The summed E-state index contributed by atoms with van der Waals surface area (Å²) in [4.78, 5) is 3.55. The molecule has 1 saturated carbocycles. The van der Waals surface area contributed by atoms with Crippen molar-refractivity contribution in [1.82, 2.24) is 10.1 Å². The summed E-state index contributed by atoms with van der Waals surface area (Å²) in [5, 5.41) is 15.3. The predicted octanol–water partition coefficient (Wildman–Crippen LogP) is 3.14. The van der Waals surface area contributed by atoms with Gasteiger partial charge in [0.1, 0.15) is 0 Å². The average Bonchev–Trinajstić information content (AvgIpc) is 3.04. The fourth-order valence-corrected chi connectivity index (χ4v) is 3.22. The van der Waals surface area contributed by atoms with Gasteiger partial charge in [0.05, 0.1) is 10.6 Å². The monoisotopic (exact) mass is 292 g/mol. The molecule has 4 nitrogen and oxygen atoms in total. The van der Waals surface area contributed by atoms with Crippen molar-refractivity contribution in [1.29, 1.82) is 0 Å². The van der Waals surface area contributed by atoms with Crippen molar-refractivity contribution in [3.8, 4) is 10.6 Å². The third-order valence-corrected chi connectivity index (χ3v) is 4.77. The summed E-state index contributed by atoms with van der Waals surface area (Å²) in [6, 6.07) is 6.76. The van der Waals surface area contributed by atoms with Crippen LogP contribution in [-0.2, 0) is 6.54 Å². The van der Waals surface area contributed by atoms with Crippen LogP contribution >= 0.6 is 11.3 Å². The molecule has 0 bridgehead atoms. The average molecular weight is 292 g/mol. The van der Waals surface area contributed by atoms with Crippen LogP contribution in [0.1, 0.15) is 31.4 Å². The molecule has 5 heteroatoms. The van der Waals surface area contributed by atoms with Gasteiger partial charge < -0.3 is 9.63 Å². The van der Waals surface area contributed by atoms with E-state index in [1.54, 1.807) is 11.3 Å². The number of aromatic nitrogens is 1. The molecule has 20 heavy (non-hydrogen) atoms. The van der Waals surface area contributed by atoms with Crippen LogP contribution in [0, 0.1) is 0 Å². The summed E-state index contributed by atoms with van der Waals surface area (Å²) in [6.07, 6.45) is 4.67. The molecule has 3 rings (SSSR count).